The van der Waals surface area contributed by atoms with E-state index in [1.807, 2.05) is 24.3 Å². The molecular weight excluding hydrogens is 262 g/mol. The summed E-state index contributed by atoms with van der Waals surface area (Å²) in [5.41, 5.74) is 3.29. The summed E-state index contributed by atoms with van der Waals surface area (Å²) in [6, 6.07) is 16.8. The molecule has 3 aromatic rings. The molecule has 0 unspecified atom stereocenters. The molecule has 3 rings (SSSR count). The Morgan fingerprint density at radius 2 is 1.76 bits per heavy atom. The van der Waals surface area contributed by atoms with Crippen molar-refractivity contribution < 1.29 is 0 Å². The maximum Gasteiger partial charge on any atom is 0.205 e. The molecule has 0 atom stereocenters. The highest BCUT2D eigenvalue weighted by Gasteiger charge is 2.07. The molecule has 0 bridgehead atoms. The maximum absolute atomic E-state index is 8.79. The smallest absolute Gasteiger partial charge is 0.192 e. The Morgan fingerprint density at radius 1 is 1.05 bits per heavy atom. The Morgan fingerprint density at radius 3 is 2.38 bits per heavy atom. The van der Waals surface area contributed by atoms with Crippen molar-refractivity contribution >= 4 is 6.08 Å². The molecule has 100 valence electrons. The van der Waals surface area contributed by atoms with Crippen molar-refractivity contribution in [2.45, 2.75) is 0 Å². The van der Waals surface area contributed by atoms with Crippen molar-refractivity contribution in [2.24, 2.45) is 0 Å². The Hall–Kier alpha value is -3.26. The number of aromatic nitrogens is 4. The lowest BCUT2D eigenvalue weighted by Crippen LogP contribution is -1.98. The van der Waals surface area contributed by atoms with E-state index in [0.717, 1.165) is 16.8 Å². The van der Waals surface area contributed by atoms with E-state index in [2.05, 4.69) is 28.1 Å². The van der Waals surface area contributed by atoms with Crippen LogP contribution in [0, 0.1) is 11.3 Å². The first-order valence-corrected chi connectivity index (χ1v) is 6.33. The van der Waals surface area contributed by atoms with Gasteiger partial charge in [-0.15, -0.1) is 15.0 Å². The van der Waals surface area contributed by atoms with Gasteiger partial charge in [-0.1, -0.05) is 24.8 Å². The first-order valence-electron chi connectivity index (χ1n) is 6.33. The molecule has 0 saturated heterocycles. The van der Waals surface area contributed by atoms with Gasteiger partial charge < -0.3 is 0 Å². The lowest BCUT2D eigenvalue weighted by atomic mass is 10.1. The summed E-state index contributed by atoms with van der Waals surface area (Å²) in [6.07, 6.45) is 1.78. The molecule has 0 fully saturated rings. The van der Waals surface area contributed by atoms with Crippen LogP contribution < -0.4 is 0 Å². The third-order valence-electron chi connectivity index (χ3n) is 3.05. The third-order valence-corrected chi connectivity index (χ3v) is 3.05. The van der Waals surface area contributed by atoms with Crippen LogP contribution in [0.5, 0.6) is 0 Å². The Kier molecular flexibility index (Phi) is 3.27. The molecule has 21 heavy (non-hydrogen) atoms. The van der Waals surface area contributed by atoms with Crippen LogP contribution in [0.4, 0.5) is 0 Å². The Bertz CT molecular complexity index is 807. The average molecular weight is 273 g/mol. The third kappa shape index (κ3) is 2.55. The van der Waals surface area contributed by atoms with E-state index in [1.165, 1.54) is 4.80 Å². The number of nitriles is 1. The van der Waals surface area contributed by atoms with Crippen LogP contribution >= 0.6 is 0 Å². The minimum atomic E-state index is 0.521. The zero-order valence-electron chi connectivity index (χ0n) is 11.1. The number of hydrogen-bond acceptors (Lipinski definition) is 4. The minimum Gasteiger partial charge on any atom is -0.192 e. The van der Waals surface area contributed by atoms with Crippen molar-refractivity contribution in [3.63, 3.8) is 0 Å². The molecule has 0 spiro atoms. The van der Waals surface area contributed by atoms with Gasteiger partial charge in [0.2, 0.25) is 5.82 Å². The van der Waals surface area contributed by atoms with E-state index in [4.69, 9.17) is 5.26 Å². The summed E-state index contributed by atoms with van der Waals surface area (Å²) in [7, 11) is 0. The van der Waals surface area contributed by atoms with E-state index < -0.39 is 0 Å². The molecule has 1 heterocycles. The molecule has 0 aliphatic rings. The number of hydrogen-bond donors (Lipinski definition) is 0. The second-order valence-electron chi connectivity index (χ2n) is 4.39. The average Bonchev–Trinajstić information content (AvgIpc) is 3.05. The molecule has 0 amide bonds. The van der Waals surface area contributed by atoms with Gasteiger partial charge in [0.25, 0.3) is 0 Å². The fourth-order valence-electron chi connectivity index (χ4n) is 1.88. The van der Waals surface area contributed by atoms with Gasteiger partial charge in [-0.05, 0) is 47.2 Å². The van der Waals surface area contributed by atoms with Gasteiger partial charge in [-0.25, -0.2) is 0 Å². The quantitative estimate of drug-likeness (QED) is 0.736. The molecule has 5 heteroatoms. The molecule has 0 radical (unpaired) electrons. The molecule has 5 nitrogen and oxygen atoms in total. The largest absolute Gasteiger partial charge is 0.205 e. The standard InChI is InChI=1S/C16H11N5/c1-2-12-5-9-15(10-6-12)21-19-16(18-20-21)14-7-3-13(11-17)4-8-14/h2-10H,1H2. The van der Waals surface area contributed by atoms with Crippen molar-refractivity contribution in [1.29, 1.82) is 5.26 Å². The predicted octanol–water partition coefficient (Wildman–Crippen LogP) is 2.84. The molecule has 1 aromatic heterocycles. The summed E-state index contributed by atoms with van der Waals surface area (Å²) < 4.78 is 0. The van der Waals surface area contributed by atoms with Gasteiger partial charge in [-0.2, -0.15) is 5.26 Å². The fourth-order valence-corrected chi connectivity index (χ4v) is 1.88. The molecule has 0 aliphatic carbocycles. The SMILES string of the molecule is C=Cc1ccc(-n2nnc(-c3ccc(C#N)cc3)n2)cc1. The van der Waals surface area contributed by atoms with Crippen LogP contribution in [0.25, 0.3) is 23.2 Å². The van der Waals surface area contributed by atoms with Crippen LogP contribution in [-0.2, 0) is 0 Å². The molecule has 0 saturated carbocycles. The zero-order valence-corrected chi connectivity index (χ0v) is 11.1. The van der Waals surface area contributed by atoms with Gasteiger partial charge in [0.1, 0.15) is 0 Å². The molecule has 2 aromatic carbocycles. The lowest BCUT2D eigenvalue weighted by molar-refractivity contribution is 0.720. The summed E-state index contributed by atoms with van der Waals surface area (Å²) in [5.74, 6) is 0.521. The fraction of sp³-hybridized carbons (Fsp3) is 0. The molecule has 0 N–H and O–H groups in total. The summed E-state index contributed by atoms with van der Waals surface area (Å²) in [4.78, 5) is 1.47. The van der Waals surface area contributed by atoms with E-state index >= 15 is 0 Å². The van der Waals surface area contributed by atoms with Crippen LogP contribution in [0.15, 0.2) is 55.1 Å². The van der Waals surface area contributed by atoms with E-state index in [-0.39, 0.29) is 0 Å². The van der Waals surface area contributed by atoms with Crippen molar-refractivity contribution in [3.8, 4) is 23.1 Å². The van der Waals surface area contributed by atoms with Gasteiger partial charge in [0.15, 0.2) is 0 Å². The monoisotopic (exact) mass is 273 g/mol. The topological polar surface area (TPSA) is 67.4 Å². The van der Waals surface area contributed by atoms with Crippen LogP contribution in [0.2, 0.25) is 0 Å². The number of nitrogens with zero attached hydrogens (tertiary/aromatic N) is 5. The highest BCUT2D eigenvalue weighted by molar-refractivity contribution is 5.56. The summed E-state index contributed by atoms with van der Waals surface area (Å²) >= 11 is 0. The zero-order chi connectivity index (χ0) is 14.7. The van der Waals surface area contributed by atoms with E-state index in [1.54, 1.807) is 30.3 Å². The number of rotatable bonds is 3. The second-order valence-corrected chi connectivity index (χ2v) is 4.39. The minimum absolute atomic E-state index is 0.521. The first-order chi connectivity index (χ1) is 10.3. The van der Waals surface area contributed by atoms with Gasteiger partial charge in [-0.3, -0.25) is 0 Å². The maximum atomic E-state index is 8.79. The van der Waals surface area contributed by atoms with Gasteiger partial charge in [0, 0.05) is 5.56 Å². The second kappa shape index (κ2) is 5.39. The van der Waals surface area contributed by atoms with Crippen LogP contribution in [-0.4, -0.2) is 20.2 Å². The van der Waals surface area contributed by atoms with Gasteiger partial charge >= 0.3 is 0 Å². The van der Waals surface area contributed by atoms with Crippen molar-refractivity contribution in [2.75, 3.05) is 0 Å². The Balaban J connectivity index is 1.91. The molecule has 0 aliphatic heterocycles. The number of benzene rings is 2. The highest BCUT2D eigenvalue weighted by Crippen LogP contribution is 2.15. The summed E-state index contributed by atoms with van der Waals surface area (Å²) in [5, 5.41) is 21.2. The summed E-state index contributed by atoms with van der Waals surface area (Å²) in [6.45, 7) is 3.72. The highest BCUT2D eigenvalue weighted by atomic mass is 15.6. The Labute approximate surface area is 121 Å². The van der Waals surface area contributed by atoms with E-state index in [0.29, 0.717) is 11.4 Å². The lowest BCUT2D eigenvalue weighted by Gasteiger charge is -1.98. The number of tetrazole rings is 1. The van der Waals surface area contributed by atoms with Crippen LogP contribution in [0.3, 0.4) is 0 Å². The van der Waals surface area contributed by atoms with E-state index in [9.17, 15) is 0 Å². The van der Waals surface area contributed by atoms with Crippen LogP contribution in [0.1, 0.15) is 11.1 Å². The molecular formula is C16H11N5. The van der Waals surface area contributed by atoms with Gasteiger partial charge in [0.05, 0.1) is 17.3 Å². The van der Waals surface area contributed by atoms with Crippen molar-refractivity contribution in [1.82, 2.24) is 20.2 Å². The van der Waals surface area contributed by atoms with Crippen molar-refractivity contribution in [3.05, 3.63) is 66.2 Å². The predicted molar refractivity (Wildman–Crippen MR) is 79.4 cm³/mol. The normalized spacial score (nSPS) is 10.0. The first kappa shape index (κ1) is 12.8.